The molecule has 3 unspecified atom stereocenters. The van der Waals surface area contributed by atoms with Crippen molar-refractivity contribution in [3.63, 3.8) is 0 Å². The number of halogens is 1. The van der Waals surface area contributed by atoms with Gasteiger partial charge < -0.3 is 4.74 Å². The molecule has 0 aliphatic heterocycles. The molecule has 3 atom stereocenters. The Morgan fingerprint density at radius 3 is 2.44 bits per heavy atom. The van der Waals surface area contributed by atoms with E-state index in [4.69, 9.17) is 4.74 Å². The van der Waals surface area contributed by atoms with E-state index in [1.54, 1.807) is 7.11 Å². The van der Waals surface area contributed by atoms with Gasteiger partial charge in [0.25, 0.3) is 0 Å². The summed E-state index contributed by atoms with van der Waals surface area (Å²) in [5.74, 6) is 2.56. The monoisotopic (exact) mass is 282 g/mol. The van der Waals surface area contributed by atoms with Gasteiger partial charge in [-0.15, -0.1) is 0 Å². The zero-order valence-electron chi connectivity index (χ0n) is 9.95. The minimum atomic E-state index is 0.496. The fraction of sp³-hybridized carbons (Fsp3) is 0.571. The molecule has 0 amide bonds. The molecule has 1 nitrogen and oxygen atoms in total. The molecule has 0 bridgehead atoms. The van der Waals surface area contributed by atoms with Crippen molar-refractivity contribution in [2.24, 2.45) is 11.8 Å². The predicted molar refractivity (Wildman–Crippen MR) is 71.2 cm³/mol. The van der Waals surface area contributed by atoms with Gasteiger partial charge in [-0.2, -0.15) is 0 Å². The summed E-state index contributed by atoms with van der Waals surface area (Å²) in [6.45, 7) is 2.37. The molecule has 1 saturated carbocycles. The van der Waals surface area contributed by atoms with Crippen LogP contribution in [-0.4, -0.2) is 7.11 Å². The number of rotatable bonds is 3. The van der Waals surface area contributed by atoms with E-state index in [0.29, 0.717) is 4.83 Å². The highest BCUT2D eigenvalue weighted by molar-refractivity contribution is 9.09. The molecule has 2 heteroatoms. The van der Waals surface area contributed by atoms with Crippen LogP contribution >= 0.6 is 15.9 Å². The maximum Gasteiger partial charge on any atom is 0.118 e. The third kappa shape index (κ3) is 2.42. The molecule has 0 spiro atoms. The van der Waals surface area contributed by atoms with E-state index in [0.717, 1.165) is 17.6 Å². The maximum absolute atomic E-state index is 5.18. The zero-order chi connectivity index (χ0) is 11.5. The molecule has 0 heterocycles. The second-order valence-electron chi connectivity index (χ2n) is 4.75. The Morgan fingerprint density at radius 2 is 1.94 bits per heavy atom. The van der Waals surface area contributed by atoms with Gasteiger partial charge in [-0.05, 0) is 36.0 Å². The summed E-state index contributed by atoms with van der Waals surface area (Å²) in [5, 5.41) is 0. The van der Waals surface area contributed by atoms with Gasteiger partial charge in [-0.25, -0.2) is 0 Å². The van der Waals surface area contributed by atoms with Crippen LogP contribution in [0.25, 0.3) is 0 Å². The number of benzene rings is 1. The van der Waals surface area contributed by atoms with Crippen molar-refractivity contribution in [2.45, 2.75) is 31.0 Å². The van der Waals surface area contributed by atoms with Gasteiger partial charge in [0.2, 0.25) is 0 Å². The van der Waals surface area contributed by atoms with Crippen LogP contribution in [0.15, 0.2) is 24.3 Å². The number of methoxy groups -OCH3 is 1. The molecule has 16 heavy (non-hydrogen) atoms. The topological polar surface area (TPSA) is 9.23 Å². The highest BCUT2D eigenvalue weighted by atomic mass is 79.9. The van der Waals surface area contributed by atoms with Crippen LogP contribution in [0.5, 0.6) is 5.75 Å². The molecule has 88 valence electrons. The third-order valence-electron chi connectivity index (χ3n) is 3.74. The Morgan fingerprint density at radius 1 is 1.25 bits per heavy atom. The first-order valence-electron chi connectivity index (χ1n) is 6.00. The Balaban J connectivity index is 2.10. The minimum Gasteiger partial charge on any atom is -0.497 e. The van der Waals surface area contributed by atoms with Crippen molar-refractivity contribution < 1.29 is 4.74 Å². The normalized spacial score (nSPS) is 26.7. The predicted octanol–water partition coefficient (Wildman–Crippen LogP) is 4.57. The lowest BCUT2D eigenvalue weighted by Crippen LogP contribution is -2.10. The summed E-state index contributed by atoms with van der Waals surface area (Å²) in [6, 6.07) is 8.43. The molecule has 0 aromatic heterocycles. The van der Waals surface area contributed by atoms with Crippen molar-refractivity contribution >= 4 is 15.9 Å². The lowest BCUT2D eigenvalue weighted by Gasteiger charge is -2.22. The molecule has 0 saturated heterocycles. The van der Waals surface area contributed by atoms with E-state index in [9.17, 15) is 0 Å². The van der Waals surface area contributed by atoms with Crippen molar-refractivity contribution in [1.82, 2.24) is 0 Å². The van der Waals surface area contributed by atoms with Crippen LogP contribution in [0.1, 0.15) is 36.6 Å². The van der Waals surface area contributed by atoms with E-state index in [2.05, 4.69) is 35.0 Å². The Hall–Kier alpha value is -0.500. The third-order valence-corrected chi connectivity index (χ3v) is 4.95. The average molecular weight is 283 g/mol. The fourth-order valence-corrected chi connectivity index (χ4v) is 3.73. The second-order valence-corrected chi connectivity index (χ2v) is 5.73. The van der Waals surface area contributed by atoms with E-state index >= 15 is 0 Å². The summed E-state index contributed by atoms with van der Waals surface area (Å²) in [6.07, 6.45) is 4.11. The summed E-state index contributed by atoms with van der Waals surface area (Å²) in [5.41, 5.74) is 1.37. The number of hydrogen-bond acceptors (Lipinski definition) is 1. The molecule has 1 aliphatic carbocycles. The smallest absolute Gasteiger partial charge is 0.118 e. The molecule has 0 radical (unpaired) electrons. The Labute approximate surface area is 106 Å². The number of ether oxygens (including phenoxy) is 1. The average Bonchev–Trinajstić information content (AvgIpc) is 2.75. The van der Waals surface area contributed by atoms with Crippen LogP contribution in [-0.2, 0) is 0 Å². The van der Waals surface area contributed by atoms with Crippen molar-refractivity contribution in [1.29, 1.82) is 0 Å². The van der Waals surface area contributed by atoms with Gasteiger partial charge >= 0.3 is 0 Å². The Kier molecular flexibility index (Phi) is 3.91. The first-order valence-corrected chi connectivity index (χ1v) is 6.92. The van der Waals surface area contributed by atoms with Gasteiger partial charge in [-0.1, -0.05) is 47.8 Å². The Bertz CT molecular complexity index is 333. The molecule has 1 aromatic rings. The summed E-state index contributed by atoms with van der Waals surface area (Å²) in [7, 11) is 1.71. The van der Waals surface area contributed by atoms with Crippen LogP contribution < -0.4 is 4.74 Å². The van der Waals surface area contributed by atoms with Gasteiger partial charge in [0, 0.05) is 4.83 Å². The van der Waals surface area contributed by atoms with Crippen LogP contribution in [0.2, 0.25) is 0 Å². The summed E-state index contributed by atoms with van der Waals surface area (Å²) in [4.78, 5) is 0.496. The first-order chi connectivity index (χ1) is 7.72. The van der Waals surface area contributed by atoms with E-state index in [1.807, 2.05) is 12.1 Å². The standard InChI is InChI=1S/C14H19BrO/c1-10-4-3-5-13(10)14(15)11-6-8-12(16-2)9-7-11/h6-10,13-14H,3-5H2,1-2H3. The van der Waals surface area contributed by atoms with E-state index in [1.165, 1.54) is 24.8 Å². The van der Waals surface area contributed by atoms with Gasteiger partial charge in [-0.3, -0.25) is 0 Å². The molecule has 2 rings (SSSR count). The molecule has 0 N–H and O–H groups in total. The van der Waals surface area contributed by atoms with E-state index in [-0.39, 0.29) is 0 Å². The van der Waals surface area contributed by atoms with Crippen molar-refractivity contribution in [3.8, 4) is 5.75 Å². The highest BCUT2D eigenvalue weighted by Crippen LogP contribution is 2.44. The van der Waals surface area contributed by atoms with E-state index < -0.39 is 0 Å². The lowest BCUT2D eigenvalue weighted by molar-refractivity contribution is 0.409. The highest BCUT2D eigenvalue weighted by Gasteiger charge is 2.30. The van der Waals surface area contributed by atoms with Crippen molar-refractivity contribution in [2.75, 3.05) is 7.11 Å². The van der Waals surface area contributed by atoms with Crippen LogP contribution in [0, 0.1) is 11.8 Å². The maximum atomic E-state index is 5.18. The van der Waals surface area contributed by atoms with Crippen LogP contribution in [0.3, 0.4) is 0 Å². The number of alkyl halides is 1. The number of hydrogen-bond donors (Lipinski definition) is 0. The largest absolute Gasteiger partial charge is 0.497 e. The summed E-state index contributed by atoms with van der Waals surface area (Å²) < 4.78 is 5.18. The van der Waals surface area contributed by atoms with Crippen molar-refractivity contribution in [3.05, 3.63) is 29.8 Å². The van der Waals surface area contributed by atoms with Gasteiger partial charge in [0.1, 0.15) is 5.75 Å². The second kappa shape index (κ2) is 5.22. The SMILES string of the molecule is COc1ccc(C(Br)C2CCCC2C)cc1. The first kappa shape index (κ1) is 12.0. The van der Waals surface area contributed by atoms with Gasteiger partial charge in [0.15, 0.2) is 0 Å². The molecular weight excluding hydrogens is 264 g/mol. The summed E-state index contributed by atoms with van der Waals surface area (Å²) >= 11 is 3.86. The molecular formula is C14H19BrO. The van der Waals surface area contributed by atoms with Gasteiger partial charge in [0.05, 0.1) is 7.11 Å². The lowest BCUT2D eigenvalue weighted by atomic mass is 9.91. The minimum absolute atomic E-state index is 0.496. The fourth-order valence-electron chi connectivity index (χ4n) is 2.64. The van der Waals surface area contributed by atoms with Crippen LogP contribution in [0.4, 0.5) is 0 Å². The molecule has 1 aromatic carbocycles. The molecule has 1 fully saturated rings. The zero-order valence-corrected chi connectivity index (χ0v) is 11.5. The molecule has 1 aliphatic rings. The quantitative estimate of drug-likeness (QED) is 0.738.